The Bertz CT molecular complexity index is 2090. The van der Waals surface area contributed by atoms with Gasteiger partial charge in [-0.05, 0) is 49.7 Å². The number of aromatic amines is 1. The first-order valence-corrected chi connectivity index (χ1v) is 18.2. The van der Waals surface area contributed by atoms with Crippen molar-refractivity contribution in [2.75, 3.05) is 56.6 Å². The van der Waals surface area contributed by atoms with Crippen LogP contribution in [0.25, 0.3) is 0 Å². The summed E-state index contributed by atoms with van der Waals surface area (Å²) in [6.07, 6.45) is 0.0613. The Morgan fingerprint density at radius 3 is 2.49 bits per heavy atom. The van der Waals surface area contributed by atoms with Crippen molar-refractivity contribution in [3.05, 3.63) is 75.5 Å². The summed E-state index contributed by atoms with van der Waals surface area (Å²) < 4.78 is 62.5. The quantitative estimate of drug-likeness (QED) is 0.0999. The van der Waals surface area contributed by atoms with Crippen LogP contribution in [0.4, 0.5) is 31.9 Å². The maximum Gasteiger partial charge on any atom is 0.305 e. The Balaban J connectivity index is 1.29. The molecule has 19 heteroatoms. The summed E-state index contributed by atoms with van der Waals surface area (Å²) in [7, 11) is -2.86. The number of nitro groups is 1. The molecule has 2 aromatic heterocycles. The number of amides is 1. The van der Waals surface area contributed by atoms with E-state index in [1.807, 2.05) is 11.8 Å². The van der Waals surface area contributed by atoms with Gasteiger partial charge in [0.2, 0.25) is 17.5 Å². The van der Waals surface area contributed by atoms with Crippen molar-refractivity contribution >= 4 is 50.6 Å². The normalized spacial score (nSPS) is 15.7. The third kappa shape index (κ3) is 7.31. The van der Waals surface area contributed by atoms with Crippen LogP contribution in [0.1, 0.15) is 31.0 Å². The molecule has 3 N–H and O–H groups in total. The highest BCUT2D eigenvalue weighted by Gasteiger charge is 2.58. The molecule has 2 aliphatic rings. The number of hydrogen-bond acceptors (Lipinski definition) is 13. The molecule has 2 fully saturated rings. The molecule has 3 heterocycles. The lowest BCUT2D eigenvalue weighted by Crippen LogP contribution is -2.48. The number of ether oxygens (including phenoxy) is 1. The molecule has 6 rings (SSSR count). The van der Waals surface area contributed by atoms with Gasteiger partial charge >= 0.3 is 5.69 Å². The number of aromatic nitrogens is 4. The van der Waals surface area contributed by atoms with Crippen molar-refractivity contribution in [1.82, 2.24) is 30.4 Å². The predicted molar refractivity (Wildman–Crippen MR) is 184 cm³/mol. The van der Waals surface area contributed by atoms with Crippen molar-refractivity contribution in [3.8, 4) is 5.75 Å². The molecule has 51 heavy (non-hydrogen) atoms. The van der Waals surface area contributed by atoms with Crippen LogP contribution in [0.2, 0.25) is 0 Å². The number of benzene rings is 2. The maximum atomic E-state index is 15.8. The van der Waals surface area contributed by atoms with E-state index in [1.54, 1.807) is 6.07 Å². The molecule has 1 aliphatic heterocycles. The van der Waals surface area contributed by atoms with Crippen LogP contribution in [-0.2, 0) is 19.4 Å². The lowest BCUT2D eigenvalue weighted by atomic mass is 10.1. The van der Waals surface area contributed by atoms with Gasteiger partial charge in [0.05, 0.1) is 21.8 Å². The number of piperazine rings is 1. The Labute approximate surface area is 296 Å². The van der Waals surface area contributed by atoms with E-state index in [2.05, 4.69) is 30.7 Å². The van der Waals surface area contributed by atoms with Crippen molar-refractivity contribution in [1.29, 1.82) is 0 Å². The third-order valence-electron chi connectivity index (χ3n) is 8.76. The summed E-state index contributed by atoms with van der Waals surface area (Å²) in [6.45, 7) is 7.05. The van der Waals surface area contributed by atoms with E-state index in [9.17, 15) is 23.3 Å². The van der Waals surface area contributed by atoms with E-state index in [-0.39, 0.29) is 45.1 Å². The number of aryl methyl sites for hydroxylation is 1. The number of nitrogens with zero attached hydrogens (tertiary/aromatic N) is 6. The Morgan fingerprint density at radius 2 is 1.88 bits per heavy atom. The molecule has 15 nitrogen and oxygen atoms in total. The average molecular weight is 744 g/mol. The minimum Gasteiger partial charge on any atom is -0.490 e. The van der Waals surface area contributed by atoms with E-state index in [0.717, 1.165) is 29.6 Å². The third-order valence-corrected chi connectivity index (χ3v) is 12.2. The van der Waals surface area contributed by atoms with E-state index in [0.29, 0.717) is 56.7 Å². The number of carbonyl (C=O) groups is 1. The van der Waals surface area contributed by atoms with Crippen LogP contribution in [-0.4, -0.2) is 90.7 Å². The molecule has 270 valence electrons. The van der Waals surface area contributed by atoms with E-state index in [4.69, 9.17) is 9.72 Å². The number of halogens is 2. The van der Waals surface area contributed by atoms with Gasteiger partial charge in [-0.25, -0.2) is 22.8 Å². The summed E-state index contributed by atoms with van der Waals surface area (Å²) in [5.74, 6) is -0.640. The molecule has 1 saturated carbocycles. The fraction of sp³-hybridized carbons (Fsp3) is 0.375. The SMILES string of the molecule is COc1c(Nc2cc(C)[nH]n2)nc(Sc2ccc(S(=O)(=O)C3(c4cccc([N+](=O)[O-])c4F)CC3)cc2F)nc1N1CCN(CCNC(C)=O)CC1. The molecule has 0 spiro atoms. The van der Waals surface area contributed by atoms with Gasteiger partial charge in [0.15, 0.2) is 32.4 Å². The lowest BCUT2D eigenvalue weighted by molar-refractivity contribution is -0.387. The van der Waals surface area contributed by atoms with Gasteiger partial charge in [0.25, 0.3) is 0 Å². The van der Waals surface area contributed by atoms with Crippen molar-refractivity contribution in [2.24, 2.45) is 0 Å². The molecule has 4 aromatic rings. The van der Waals surface area contributed by atoms with Crippen LogP contribution in [0.3, 0.4) is 0 Å². The molecule has 0 bridgehead atoms. The Hall–Kier alpha value is -4.88. The first-order chi connectivity index (χ1) is 24.3. The number of anilines is 3. The Kier molecular flexibility index (Phi) is 10.1. The second-order valence-electron chi connectivity index (χ2n) is 12.2. The number of rotatable bonds is 13. The van der Waals surface area contributed by atoms with Gasteiger partial charge in [-0.15, -0.1) is 0 Å². The molecule has 1 saturated heterocycles. The largest absolute Gasteiger partial charge is 0.490 e. The fourth-order valence-corrected chi connectivity index (χ4v) is 8.79. The zero-order valence-electron chi connectivity index (χ0n) is 27.9. The predicted octanol–water partition coefficient (Wildman–Crippen LogP) is 4.32. The fourth-order valence-electron chi connectivity index (χ4n) is 5.99. The second kappa shape index (κ2) is 14.4. The second-order valence-corrected chi connectivity index (χ2v) is 15.4. The molecular weight excluding hydrogens is 709 g/mol. The van der Waals surface area contributed by atoms with Gasteiger partial charge in [0.1, 0.15) is 10.6 Å². The molecular formula is C32H35F2N9O6S2. The van der Waals surface area contributed by atoms with Gasteiger partial charge in [0, 0.05) is 69.6 Å². The topological polar surface area (TPSA) is 189 Å². The summed E-state index contributed by atoms with van der Waals surface area (Å²) in [6, 6.07) is 8.57. The Morgan fingerprint density at radius 1 is 1.14 bits per heavy atom. The van der Waals surface area contributed by atoms with Crippen LogP contribution < -0.4 is 20.3 Å². The summed E-state index contributed by atoms with van der Waals surface area (Å²) >= 11 is 0.874. The minimum atomic E-state index is -4.35. The number of carbonyl (C=O) groups excluding carboxylic acids is 1. The van der Waals surface area contributed by atoms with Crippen molar-refractivity contribution in [3.63, 3.8) is 0 Å². The average Bonchev–Trinajstić information content (AvgIpc) is 3.81. The lowest BCUT2D eigenvalue weighted by Gasteiger charge is -2.36. The highest BCUT2D eigenvalue weighted by atomic mass is 32.2. The first kappa shape index (κ1) is 35.9. The smallest absolute Gasteiger partial charge is 0.305 e. The zero-order valence-corrected chi connectivity index (χ0v) is 29.5. The molecule has 0 unspecified atom stereocenters. The van der Waals surface area contributed by atoms with Gasteiger partial charge in [-0.2, -0.15) is 9.49 Å². The minimum absolute atomic E-state index is 0.0285. The monoisotopic (exact) mass is 743 g/mol. The molecule has 0 radical (unpaired) electrons. The highest BCUT2D eigenvalue weighted by Crippen LogP contribution is 2.56. The maximum absolute atomic E-state index is 15.8. The van der Waals surface area contributed by atoms with Gasteiger partial charge in [-0.3, -0.25) is 24.9 Å². The highest BCUT2D eigenvalue weighted by molar-refractivity contribution is 7.99. The van der Waals surface area contributed by atoms with Gasteiger partial charge in [-0.1, -0.05) is 12.1 Å². The van der Waals surface area contributed by atoms with Crippen LogP contribution in [0.15, 0.2) is 57.4 Å². The number of nitro benzene ring substituents is 1. The van der Waals surface area contributed by atoms with Crippen LogP contribution >= 0.6 is 11.8 Å². The van der Waals surface area contributed by atoms with Crippen molar-refractivity contribution < 1.29 is 31.7 Å². The number of H-pyrrole nitrogens is 1. The first-order valence-electron chi connectivity index (χ1n) is 15.9. The molecule has 1 amide bonds. The zero-order chi connectivity index (χ0) is 36.5. The number of sulfone groups is 1. The summed E-state index contributed by atoms with van der Waals surface area (Å²) in [4.78, 5) is 34.9. The molecule has 0 atom stereocenters. The van der Waals surface area contributed by atoms with E-state index < -0.39 is 36.8 Å². The summed E-state index contributed by atoms with van der Waals surface area (Å²) in [5, 5.41) is 24.5. The standard InChI is InChI=1S/C32H35F2N9O6S2/c1-19-17-26(40-39-19)36-29-28(49-3)30(42-15-13-41(14-16-42)12-11-35-20(2)44)38-31(37-29)50-25-8-7-21(18-23(25)33)51(47,48)32(9-10-32)22-5-4-6-24(27(22)34)43(45)46/h4-8,17-18H,9-16H2,1-3H3,(H,35,44)(H2,36,37,38,39,40). The van der Waals surface area contributed by atoms with E-state index >= 15 is 8.78 Å². The van der Waals surface area contributed by atoms with E-state index in [1.165, 1.54) is 38.3 Å². The number of nitrogens with one attached hydrogen (secondary N) is 3. The summed E-state index contributed by atoms with van der Waals surface area (Å²) in [5.41, 5.74) is -0.338. The molecule has 1 aliphatic carbocycles. The van der Waals surface area contributed by atoms with Crippen LogP contribution in [0.5, 0.6) is 5.75 Å². The van der Waals surface area contributed by atoms with Gasteiger partial charge < -0.3 is 20.3 Å². The number of hydrogen-bond donors (Lipinski definition) is 3. The number of methoxy groups -OCH3 is 1. The van der Waals surface area contributed by atoms with Crippen LogP contribution in [0, 0.1) is 28.7 Å². The van der Waals surface area contributed by atoms with Crippen molar-refractivity contribution in [2.45, 2.75) is 46.4 Å². The molecule has 2 aromatic carbocycles.